The highest BCUT2D eigenvalue weighted by Gasteiger charge is 2.10. The lowest BCUT2D eigenvalue weighted by Crippen LogP contribution is -2.35. The molecule has 0 radical (unpaired) electrons. The monoisotopic (exact) mass is 373 g/mol. The van der Waals surface area contributed by atoms with Crippen molar-refractivity contribution in [3.63, 3.8) is 0 Å². The van der Waals surface area contributed by atoms with Crippen LogP contribution in [-0.2, 0) is 4.79 Å². The van der Waals surface area contributed by atoms with E-state index < -0.39 is 17.6 Å². The van der Waals surface area contributed by atoms with Crippen molar-refractivity contribution in [1.82, 2.24) is 10.7 Å². The van der Waals surface area contributed by atoms with Gasteiger partial charge >= 0.3 is 0 Å². The molecule has 0 saturated carbocycles. The van der Waals surface area contributed by atoms with Gasteiger partial charge in [0.05, 0.1) is 26.5 Å². The third kappa shape index (κ3) is 5.53. The second kappa shape index (κ2) is 9.33. The highest BCUT2D eigenvalue weighted by atomic mass is 19.1. The molecule has 27 heavy (non-hydrogen) atoms. The average Bonchev–Trinajstić information content (AvgIpc) is 2.70. The molecule has 0 fully saturated rings. The number of hydrogen-bond donors (Lipinski definition) is 2. The van der Waals surface area contributed by atoms with Crippen LogP contribution in [0.4, 0.5) is 4.39 Å². The van der Waals surface area contributed by atoms with Crippen molar-refractivity contribution in [2.45, 2.75) is 6.92 Å². The van der Waals surface area contributed by atoms with Gasteiger partial charge in [-0.1, -0.05) is 0 Å². The number of halogens is 1. The Morgan fingerprint density at radius 1 is 1.07 bits per heavy atom. The van der Waals surface area contributed by atoms with Gasteiger partial charge in [-0.2, -0.15) is 5.10 Å². The fourth-order valence-electron chi connectivity index (χ4n) is 2.21. The van der Waals surface area contributed by atoms with Crippen molar-refractivity contribution >= 4 is 17.5 Å². The van der Waals surface area contributed by atoms with Crippen LogP contribution in [0.2, 0.25) is 0 Å². The summed E-state index contributed by atoms with van der Waals surface area (Å²) in [5.41, 5.74) is 3.83. The first-order valence-electron chi connectivity index (χ1n) is 8.04. The summed E-state index contributed by atoms with van der Waals surface area (Å²) in [6, 6.07) is 10.2. The highest BCUT2D eigenvalue weighted by molar-refractivity contribution is 6.02. The van der Waals surface area contributed by atoms with Gasteiger partial charge in [0.1, 0.15) is 17.3 Å². The van der Waals surface area contributed by atoms with Crippen LogP contribution in [0.15, 0.2) is 47.6 Å². The molecule has 2 amide bonds. The highest BCUT2D eigenvalue weighted by Crippen LogP contribution is 2.24. The third-order valence-corrected chi connectivity index (χ3v) is 3.66. The maximum atomic E-state index is 12.9. The number of nitrogens with zero attached hydrogens (tertiary/aromatic N) is 1. The molecule has 2 aromatic rings. The molecule has 2 rings (SSSR count). The molecule has 0 aliphatic carbocycles. The van der Waals surface area contributed by atoms with Gasteiger partial charge in [0.15, 0.2) is 0 Å². The summed E-state index contributed by atoms with van der Waals surface area (Å²) in [5.74, 6) is -0.242. The lowest BCUT2D eigenvalue weighted by atomic mass is 10.1. The number of rotatable bonds is 7. The molecule has 0 unspecified atom stereocenters. The van der Waals surface area contributed by atoms with E-state index in [0.717, 1.165) is 0 Å². The first kappa shape index (κ1) is 19.9. The Kier molecular flexibility index (Phi) is 6.87. The van der Waals surface area contributed by atoms with Crippen molar-refractivity contribution in [2.24, 2.45) is 5.10 Å². The second-order valence-electron chi connectivity index (χ2n) is 5.49. The van der Waals surface area contributed by atoms with Crippen molar-refractivity contribution < 1.29 is 23.5 Å². The first-order valence-corrected chi connectivity index (χ1v) is 8.04. The molecule has 0 atom stereocenters. The number of amides is 2. The van der Waals surface area contributed by atoms with E-state index in [-0.39, 0.29) is 12.1 Å². The van der Waals surface area contributed by atoms with Crippen LogP contribution in [0.25, 0.3) is 0 Å². The van der Waals surface area contributed by atoms with E-state index in [1.165, 1.54) is 31.4 Å². The minimum atomic E-state index is -0.503. The summed E-state index contributed by atoms with van der Waals surface area (Å²) in [6.45, 7) is 1.44. The molecule has 0 heterocycles. The molecule has 142 valence electrons. The summed E-state index contributed by atoms with van der Waals surface area (Å²) in [7, 11) is 3.07. The number of carbonyl (C=O) groups excluding carboxylic acids is 2. The van der Waals surface area contributed by atoms with E-state index in [1.807, 2.05) is 0 Å². The molecule has 0 spiro atoms. The number of hydrogen-bond acceptors (Lipinski definition) is 5. The molecule has 7 nitrogen and oxygen atoms in total. The Balaban J connectivity index is 1.93. The molecule has 0 bridgehead atoms. The van der Waals surface area contributed by atoms with Crippen LogP contribution in [-0.4, -0.2) is 38.3 Å². The lowest BCUT2D eigenvalue weighted by molar-refractivity contribution is -0.120. The van der Waals surface area contributed by atoms with Crippen LogP contribution >= 0.6 is 0 Å². The van der Waals surface area contributed by atoms with Gasteiger partial charge in [0.2, 0.25) is 0 Å². The van der Waals surface area contributed by atoms with Crippen molar-refractivity contribution in [2.75, 3.05) is 20.8 Å². The van der Waals surface area contributed by atoms with Crippen LogP contribution in [0.3, 0.4) is 0 Å². The smallest absolute Gasteiger partial charge is 0.259 e. The number of ether oxygens (including phenoxy) is 2. The summed E-state index contributed by atoms with van der Waals surface area (Å²) in [6.07, 6.45) is 0. The minimum absolute atomic E-state index is 0.256. The lowest BCUT2D eigenvalue weighted by Gasteiger charge is -2.10. The van der Waals surface area contributed by atoms with E-state index >= 15 is 0 Å². The largest absolute Gasteiger partial charge is 0.497 e. The van der Waals surface area contributed by atoms with Gasteiger partial charge < -0.3 is 14.8 Å². The van der Waals surface area contributed by atoms with E-state index in [9.17, 15) is 14.0 Å². The van der Waals surface area contributed by atoms with Crippen molar-refractivity contribution in [3.8, 4) is 11.5 Å². The Morgan fingerprint density at radius 3 is 2.41 bits per heavy atom. The average molecular weight is 373 g/mol. The van der Waals surface area contributed by atoms with E-state index in [4.69, 9.17) is 9.47 Å². The molecule has 0 aromatic heterocycles. The van der Waals surface area contributed by atoms with Gasteiger partial charge in [-0.15, -0.1) is 0 Å². The number of nitrogens with one attached hydrogen (secondary N) is 2. The number of benzene rings is 2. The summed E-state index contributed by atoms with van der Waals surface area (Å²) in [5, 5.41) is 6.45. The van der Waals surface area contributed by atoms with E-state index in [2.05, 4.69) is 15.8 Å². The Labute approximate surface area is 156 Å². The normalized spacial score (nSPS) is 10.9. The Bertz CT molecular complexity index is 851. The Morgan fingerprint density at radius 2 is 1.78 bits per heavy atom. The molecule has 0 aliphatic rings. The molecular weight excluding hydrogens is 353 g/mol. The van der Waals surface area contributed by atoms with Crippen LogP contribution in [0.5, 0.6) is 11.5 Å². The van der Waals surface area contributed by atoms with E-state index in [0.29, 0.717) is 22.8 Å². The summed E-state index contributed by atoms with van der Waals surface area (Å²) in [4.78, 5) is 23.8. The topological polar surface area (TPSA) is 89.0 Å². The van der Waals surface area contributed by atoms with Crippen LogP contribution in [0, 0.1) is 5.82 Å². The Hall–Kier alpha value is -3.42. The van der Waals surface area contributed by atoms with Crippen molar-refractivity contribution in [1.29, 1.82) is 0 Å². The molecule has 8 heteroatoms. The molecule has 2 N–H and O–H groups in total. The zero-order chi connectivity index (χ0) is 19.8. The predicted octanol–water partition coefficient (Wildman–Crippen LogP) is 2.11. The number of methoxy groups -OCH3 is 2. The second-order valence-corrected chi connectivity index (χ2v) is 5.49. The molecular formula is C19H20FN3O4. The van der Waals surface area contributed by atoms with Gasteiger partial charge in [0, 0.05) is 17.2 Å². The standard InChI is InChI=1S/C19H20FN3O4/c1-12(16-9-8-15(26-2)10-17(16)27-3)22-23-18(24)11-21-19(25)13-4-6-14(20)7-5-13/h4-10H,11H2,1-3H3,(H,21,25)(H,23,24). The maximum absolute atomic E-state index is 12.9. The first-order chi connectivity index (χ1) is 12.9. The maximum Gasteiger partial charge on any atom is 0.259 e. The van der Waals surface area contributed by atoms with E-state index in [1.54, 1.807) is 32.2 Å². The fraction of sp³-hybridized carbons (Fsp3) is 0.211. The predicted molar refractivity (Wildman–Crippen MR) is 98.6 cm³/mol. The van der Waals surface area contributed by atoms with Crippen LogP contribution < -0.4 is 20.2 Å². The SMILES string of the molecule is COc1ccc(C(C)=NNC(=O)CNC(=O)c2ccc(F)cc2)c(OC)c1. The van der Waals surface area contributed by atoms with Gasteiger partial charge in [0.25, 0.3) is 11.8 Å². The quantitative estimate of drug-likeness (QED) is 0.575. The molecule has 0 aliphatic heterocycles. The van der Waals surface area contributed by atoms with Gasteiger partial charge in [-0.05, 0) is 43.3 Å². The third-order valence-electron chi connectivity index (χ3n) is 3.66. The number of carbonyl (C=O) groups is 2. The zero-order valence-electron chi connectivity index (χ0n) is 15.2. The minimum Gasteiger partial charge on any atom is -0.497 e. The summed E-state index contributed by atoms with van der Waals surface area (Å²) >= 11 is 0. The molecule has 2 aromatic carbocycles. The zero-order valence-corrected chi connectivity index (χ0v) is 15.2. The summed E-state index contributed by atoms with van der Waals surface area (Å²) < 4.78 is 23.3. The van der Waals surface area contributed by atoms with Crippen molar-refractivity contribution in [3.05, 3.63) is 59.4 Å². The fourth-order valence-corrected chi connectivity index (χ4v) is 2.21. The van der Waals surface area contributed by atoms with Gasteiger partial charge in [-0.3, -0.25) is 9.59 Å². The van der Waals surface area contributed by atoms with Crippen LogP contribution in [0.1, 0.15) is 22.8 Å². The molecule has 0 saturated heterocycles. The van der Waals surface area contributed by atoms with Gasteiger partial charge in [-0.25, -0.2) is 9.82 Å². The number of hydrazone groups is 1.